The molecule has 3 nitrogen and oxygen atoms in total. The highest BCUT2D eigenvalue weighted by molar-refractivity contribution is 6.30. The Bertz CT molecular complexity index is 417. The van der Waals surface area contributed by atoms with E-state index in [1.54, 1.807) is 25.3 Å². The van der Waals surface area contributed by atoms with Crippen molar-refractivity contribution in [1.29, 1.82) is 0 Å². The first-order valence-electron chi connectivity index (χ1n) is 6.69. The highest BCUT2D eigenvalue weighted by Crippen LogP contribution is 2.23. The lowest BCUT2D eigenvalue weighted by molar-refractivity contribution is -0.120. The van der Waals surface area contributed by atoms with Gasteiger partial charge in [0.2, 0.25) is 5.91 Å². The van der Waals surface area contributed by atoms with E-state index in [9.17, 15) is 4.79 Å². The molecule has 1 rings (SSSR count). The molecule has 4 heteroatoms. The van der Waals surface area contributed by atoms with Gasteiger partial charge in [-0.25, -0.2) is 0 Å². The first-order valence-corrected chi connectivity index (χ1v) is 7.07. The summed E-state index contributed by atoms with van der Waals surface area (Å²) in [5.41, 5.74) is 0.817. The van der Waals surface area contributed by atoms with E-state index >= 15 is 0 Å². The van der Waals surface area contributed by atoms with Gasteiger partial charge >= 0.3 is 0 Å². The molecular weight excluding hydrogens is 262 g/mol. The van der Waals surface area contributed by atoms with Crippen LogP contribution in [0, 0.1) is 5.92 Å². The van der Waals surface area contributed by atoms with Crippen molar-refractivity contribution >= 4 is 17.5 Å². The lowest BCUT2D eigenvalue weighted by Gasteiger charge is -2.14. The third-order valence-corrected chi connectivity index (χ3v) is 3.57. The number of carbonyl (C=O) groups is 1. The number of benzene rings is 1. The van der Waals surface area contributed by atoms with Crippen molar-refractivity contribution in [2.75, 3.05) is 13.7 Å². The van der Waals surface area contributed by atoms with Crippen molar-refractivity contribution < 1.29 is 9.53 Å². The average Bonchev–Trinajstić information content (AvgIpc) is 2.40. The summed E-state index contributed by atoms with van der Waals surface area (Å²) < 4.78 is 5.23. The summed E-state index contributed by atoms with van der Waals surface area (Å²) >= 11 is 5.94. The first kappa shape index (κ1) is 15.8. The van der Waals surface area contributed by atoms with Gasteiger partial charge in [-0.3, -0.25) is 4.79 Å². The molecule has 0 spiro atoms. The second-order valence-electron chi connectivity index (χ2n) is 4.62. The van der Waals surface area contributed by atoms with Crippen molar-refractivity contribution in [3.8, 4) is 5.75 Å². The SMILES string of the molecule is CCC(CC)CNC(=O)Cc1cc(Cl)ccc1OC. The van der Waals surface area contributed by atoms with Crippen molar-refractivity contribution in [3.63, 3.8) is 0 Å². The van der Waals surface area contributed by atoms with E-state index in [-0.39, 0.29) is 5.91 Å². The van der Waals surface area contributed by atoms with Crippen LogP contribution < -0.4 is 10.1 Å². The van der Waals surface area contributed by atoms with Crippen LogP contribution in [0.25, 0.3) is 0 Å². The molecule has 0 saturated heterocycles. The molecule has 1 aromatic rings. The molecule has 0 aliphatic heterocycles. The highest BCUT2D eigenvalue weighted by atomic mass is 35.5. The van der Waals surface area contributed by atoms with E-state index in [1.807, 2.05) is 0 Å². The number of hydrogen-bond donors (Lipinski definition) is 1. The van der Waals surface area contributed by atoms with Crippen molar-refractivity contribution in [2.24, 2.45) is 5.92 Å². The van der Waals surface area contributed by atoms with Gasteiger partial charge in [-0.15, -0.1) is 0 Å². The molecule has 0 aliphatic rings. The number of methoxy groups -OCH3 is 1. The highest BCUT2D eigenvalue weighted by Gasteiger charge is 2.11. The van der Waals surface area contributed by atoms with Crippen LogP contribution in [0.1, 0.15) is 32.3 Å². The van der Waals surface area contributed by atoms with Gasteiger partial charge < -0.3 is 10.1 Å². The van der Waals surface area contributed by atoms with Gasteiger partial charge in [0.25, 0.3) is 0 Å². The molecule has 0 atom stereocenters. The molecule has 106 valence electrons. The van der Waals surface area contributed by atoms with Crippen LogP contribution in [0.4, 0.5) is 0 Å². The molecule has 0 aromatic heterocycles. The number of rotatable bonds is 7. The van der Waals surface area contributed by atoms with Crippen molar-refractivity contribution in [3.05, 3.63) is 28.8 Å². The monoisotopic (exact) mass is 283 g/mol. The van der Waals surface area contributed by atoms with E-state index in [0.29, 0.717) is 23.1 Å². The molecule has 0 aliphatic carbocycles. The minimum Gasteiger partial charge on any atom is -0.496 e. The lowest BCUT2D eigenvalue weighted by atomic mass is 10.0. The third-order valence-electron chi connectivity index (χ3n) is 3.34. The maximum Gasteiger partial charge on any atom is 0.224 e. The zero-order chi connectivity index (χ0) is 14.3. The van der Waals surface area contributed by atoms with Gasteiger partial charge in [-0.05, 0) is 24.1 Å². The minimum atomic E-state index is 0.00691. The topological polar surface area (TPSA) is 38.3 Å². The van der Waals surface area contributed by atoms with Gasteiger partial charge in [0.1, 0.15) is 5.75 Å². The summed E-state index contributed by atoms with van der Waals surface area (Å²) in [7, 11) is 1.59. The van der Waals surface area contributed by atoms with Crippen LogP contribution in [-0.2, 0) is 11.2 Å². The fourth-order valence-electron chi connectivity index (χ4n) is 1.96. The Balaban J connectivity index is 2.59. The average molecular weight is 284 g/mol. The van der Waals surface area contributed by atoms with Crippen molar-refractivity contribution in [2.45, 2.75) is 33.1 Å². The number of hydrogen-bond acceptors (Lipinski definition) is 2. The second-order valence-corrected chi connectivity index (χ2v) is 5.06. The van der Waals surface area contributed by atoms with Crippen LogP contribution in [0.2, 0.25) is 5.02 Å². The van der Waals surface area contributed by atoms with Crippen LogP contribution in [0.3, 0.4) is 0 Å². The largest absolute Gasteiger partial charge is 0.496 e. The van der Waals surface area contributed by atoms with E-state index in [0.717, 1.165) is 24.9 Å². The van der Waals surface area contributed by atoms with E-state index in [2.05, 4.69) is 19.2 Å². The molecular formula is C15H22ClNO2. The van der Waals surface area contributed by atoms with Crippen LogP contribution >= 0.6 is 11.6 Å². The Kier molecular flexibility index (Phi) is 6.71. The Hall–Kier alpha value is -1.22. The summed E-state index contributed by atoms with van der Waals surface area (Å²) in [5.74, 6) is 1.25. The standard InChI is InChI=1S/C15H22ClNO2/c1-4-11(5-2)10-17-15(18)9-12-8-13(16)6-7-14(12)19-3/h6-8,11H,4-5,9-10H2,1-3H3,(H,17,18). The van der Waals surface area contributed by atoms with Gasteiger partial charge in [0.05, 0.1) is 13.5 Å². The molecule has 0 unspecified atom stereocenters. The number of amides is 1. The molecule has 0 heterocycles. The van der Waals surface area contributed by atoms with Gasteiger partial charge in [-0.1, -0.05) is 38.3 Å². The maximum atomic E-state index is 11.9. The Morgan fingerprint density at radius 1 is 1.37 bits per heavy atom. The summed E-state index contributed by atoms with van der Waals surface area (Å²) in [6.07, 6.45) is 2.46. The quantitative estimate of drug-likeness (QED) is 0.832. The van der Waals surface area contributed by atoms with Crippen molar-refractivity contribution in [1.82, 2.24) is 5.32 Å². The second kappa shape index (κ2) is 8.05. The maximum absolute atomic E-state index is 11.9. The Labute approximate surface area is 120 Å². The van der Waals surface area contributed by atoms with Gasteiger partial charge in [0.15, 0.2) is 0 Å². The molecule has 0 saturated carbocycles. The fourth-order valence-corrected chi connectivity index (χ4v) is 2.15. The predicted molar refractivity (Wildman–Crippen MR) is 78.8 cm³/mol. The summed E-state index contributed by atoms with van der Waals surface area (Å²) in [5, 5.41) is 3.58. The zero-order valence-electron chi connectivity index (χ0n) is 11.8. The molecule has 0 fully saturated rings. The molecule has 1 amide bonds. The Morgan fingerprint density at radius 2 is 2.05 bits per heavy atom. The lowest BCUT2D eigenvalue weighted by Crippen LogP contribution is -2.30. The molecule has 19 heavy (non-hydrogen) atoms. The first-order chi connectivity index (χ1) is 9.10. The predicted octanol–water partition coefficient (Wildman–Crippen LogP) is 3.44. The number of ether oxygens (including phenoxy) is 1. The zero-order valence-corrected chi connectivity index (χ0v) is 12.6. The number of nitrogens with one attached hydrogen (secondary N) is 1. The number of carbonyl (C=O) groups excluding carboxylic acids is 1. The summed E-state index contributed by atoms with van der Waals surface area (Å²) in [6.45, 7) is 5.01. The smallest absolute Gasteiger partial charge is 0.224 e. The molecule has 0 radical (unpaired) electrons. The van der Waals surface area contributed by atoms with E-state index < -0.39 is 0 Å². The number of halogens is 1. The van der Waals surface area contributed by atoms with Crippen LogP contribution in [0.15, 0.2) is 18.2 Å². The molecule has 1 N–H and O–H groups in total. The summed E-state index contributed by atoms with van der Waals surface area (Å²) in [6, 6.07) is 5.31. The summed E-state index contributed by atoms with van der Waals surface area (Å²) in [4.78, 5) is 11.9. The van der Waals surface area contributed by atoms with E-state index in [4.69, 9.17) is 16.3 Å². The third kappa shape index (κ3) is 5.11. The molecule has 0 bridgehead atoms. The normalized spacial score (nSPS) is 10.6. The van der Waals surface area contributed by atoms with E-state index in [1.165, 1.54) is 0 Å². The van der Waals surface area contributed by atoms with Crippen LogP contribution in [0.5, 0.6) is 5.75 Å². The molecule has 1 aromatic carbocycles. The van der Waals surface area contributed by atoms with Gasteiger partial charge in [-0.2, -0.15) is 0 Å². The van der Waals surface area contributed by atoms with Crippen LogP contribution in [-0.4, -0.2) is 19.6 Å². The minimum absolute atomic E-state index is 0.00691. The van der Waals surface area contributed by atoms with Gasteiger partial charge in [0, 0.05) is 17.1 Å². The Morgan fingerprint density at radius 3 is 2.63 bits per heavy atom. The fraction of sp³-hybridized carbons (Fsp3) is 0.533.